The molecule has 1 heterocycles. The molecule has 0 amide bonds. The van der Waals surface area contributed by atoms with Gasteiger partial charge in [-0.25, -0.2) is 0 Å². The lowest BCUT2D eigenvalue weighted by atomic mass is 10.1. The molecule has 1 N–H and O–H groups in total. The van der Waals surface area contributed by atoms with Crippen LogP contribution in [0.1, 0.15) is 25.0 Å². The number of β-amino-alcohol motifs (C(OH)–C–C–N with tert-alkyl or cyclic N) is 1. The molecule has 0 radical (unpaired) electrons. The molecule has 1 aromatic rings. The Morgan fingerprint density at radius 2 is 1.95 bits per heavy atom. The first kappa shape index (κ1) is 15.4. The molecule has 4 nitrogen and oxygen atoms in total. The van der Waals surface area contributed by atoms with Crippen LogP contribution in [-0.2, 0) is 9.47 Å². The molecule has 0 aromatic heterocycles. The Balaban J connectivity index is 1.75. The average molecular weight is 279 g/mol. The number of hydrogen-bond acceptors (Lipinski definition) is 4. The predicted octanol–water partition coefficient (Wildman–Crippen LogP) is 1.85. The summed E-state index contributed by atoms with van der Waals surface area (Å²) in [6.07, 6.45) is 0.537. The maximum Gasteiger partial charge on any atom is 0.0900 e. The molecule has 1 aliphatic rings. The van der Waals surface area contributed by atoms with Crippen molar-refractivity contribution in [2.45, 2.75) is 25.6 Å². The minimum Gasteiger partial charge on any atom is -0.389 e. The van der Waals surface area contributed by atoms with Crippen LogP contribution in [0.5, 0.6) is 0 Å². The van der Waals surface area contributed by atoms with Crippen LogP contribution in [0.15, 0.2) is 30.3 Å². The van der Waals surface area contributed by atoms with E-state index in [1.165, 1.54) is 5.56 Å². The Morgan fingerprint density at radius 3 is 2.60 bits per heavy atom. The summed E-state index contributed by atoms with van der Waals surface area (Å²) < 4.78 is 11.2. The van der Waals surface area contributed by atoms with Gasteiger partial charge in [0.15, 0.2) is 0 Å². The Bertz CT molecular complexity index is 365. The largest absolute Gasteiger partial charge is 0.389 e. The highest BCUT2D eigenvalue weighted by Gasteiger charge is 2.17. The number of morpholine rings is 1. The highest BCUT2D eigenvalue weighted by molar-refractivity contribution is 5.17. The zero-order chi connectivity index (χ0) is 14.2. The molecule has 0 aliphatic carbocycles. The summed E-state index contributed by atoms with van der Waals surface area (Å²) in [5.41, 5.74) is 1.17. The zero-order valence-electron chi connectivity index (χ0n) is 12.2. The molecule has 4 heteroatoms. The van der Waals surface area contributed by atoms with Gasteiger partial charge in [-0.05, 0) is 12.0 Å². The fourth-order valence-corrected chi connectivity index (χ4v) is 2.48. The summed E-state index contributed by atoms with van der Waals surface area (Å²) in [5, 5.41) is 10.1. The molecule has 20 heavy (non-hydrogen) atoms. The summed E-state index contributed by atoms with van der Waals surface area (Å²) in [4.78, 5) is 2.22. The van der Waals surface area contributed by atoms with E-state index < -0.39 is 6.10 Å². The second kappa shape index (κ2) is 8.37. The minimum atomic E-state index is -0.439. The average Bonchev–Trinajstić information content (AvgIpc) is 2.50. The summed E-state index contributed by atoms with van der Waals surface area (Å²) in [7, 11) is 0. The second-order valence-electron chi connectivity index (χ2n) is 5.21. The fraction of sp³-hybridized carbons (Fsp3) is 0.625. The first-order valence-corrected chi connectivity index (χ1v) is 7.44. The van der Waals surface area contributed by atoms with E-state index in [2.05, 4.69) is 24.0 Å². The quantitative estimate of drug-likeness (QED) is 0.827. The van der Waals surface area contributed by atoms with Gasteiger partial charge in [-0.3, -0.25) is 4.90 Å². The van der Waals surface area contributed by atoms with Crippen LogP contribution in [0.3, 0.4) is 0 Å². The summed E-state index contributed by atoms with van der Waals surface area (Å²) in [6.45, 7) is 6.45. The maximum absolute atomic E-state index is 10.1. The van der Waals surface area contributed by atoms with E-state index in [4.69, 9.17) is 9.47 Å². The number of ether oxygens (including phenoxy) is 2. The first-order valence-electron chi connectivity index (χ1n) is 7.44. The van der Waals surface area contributed by atoms with Gasteiger partial charge in [-0.15, -0.1) is 0 Å². The van der Waals surface area contributed by atoms with Crippen molar-refractivity contribution in [3.05, 3.63) is 35.9 Å². The topological polar surface area (TPSA) is 41.9 Å². The predicted molar refractivity (Wildman–Crippen MR) is 78.7 cm³/mol. The lowest BCUT2D eigenvalue weighted by Crippen LogP contribution is -2.42. The normalized spacial score (nSPS) is 19.7. The summed E-state index contributed by atoms with van der Waals surface area (Å²) in [6, 6.07) is 10.2. The van der Waals surface area contributed by atoms with Crippen molar-refractivity contribution in [2.75, 3.05) is 39.5 Å². The molecule has 2 rings (SSSR count). The molecule has 1 fully saturated rings. The van der Waals surface area contributed by atoms with Crippen molar-refractivity contribution in [3.63, 3.8) is 0 Å². The third-order valence-electron chi connectivity index (χ3n) is 3.60. The SMILES string of the molecule is CCC(OCC(O)CN1CCOCC1)c1ccccc1. The zero-order valence-corrected chi connectivity index (χ0v) is 12.2. The third-order valence-corrected chi connectivity index (χ3v) is 3.60. The summed E-state index contributed by atoms with van der Waals surface area (Å²) >= 11 is 0. The Hall–Kier alpha value is -0.940. The van der Waals surface area contributed by atoms with Gasteiger partial charge in [-0.2, -0.15) is 0 Å². The fourth-order valence-electron chi connectivity index (χ4n) is 2.48. The highest BCUT2D eigenvalue weighted by Crippen LogP contribution is 2.20. The van der Waals surface area contributed by atoms with Crippen LogP contribution in [0, 0.1) is 0 Å². The lowest BCUT2D eigenvalue weighted by Gasteiger charge is -2.29. The Kier molecular flexibility index (Phi) is 6.47. The smallest absolute Gasteiger partial charge is 0.0900 e. The molecular weight excluding hydrogens is 254 g/mol. The van der Waals surface area contributed by atoms with E-state index in [0.717, 1.165) is 32.7 Å². The number of benzene rings is 1. The van der Waals surface area contributed by atoms with Crippen molar-refractivity contribution < 1.29 is 14.6 Å². The molecule has 112 valence electrons. The monoisotopic (exact) mass is 279 g/mol. The molecule has 0 bridgehead atoms. The molecule has 0 saturated carbocycles. The molecular formula is C16H25NO3. The van der Waals surface area contributed by atoms with Gasteiger partial charge in [0.05, 0.1) is 32.0 Å². The second-order valence-corrected chi connectivity index (χ2v) is 5.21. The third kappa shape index (κ3) is 4.87. The summed E-state index contributed by atoms with van der Waals surface area (Å²) in [5.74, 6) is 0. The maximum atomic E-state index is 10.1. The van der Waals surface area contributed by atoms with Gasteiger partial charge in [0, 0.05) is 19.6 Å². The number of aliphatic hydroxyl groups is 1. The molecule has 1 aliphatic heterocycles. The molecule has 1 aromatic carbocycles. The van der Waals surface area contributed by atoms with E-state index in [1.807, 2.05) is 18.2 Å². The van der Waals surface area contributed by atoms with Crippen LogP contribution in [-0.4, -0.2) is 55.6 Å². The minimum absolute atomic E-state index is 0.0653. The molecule has 0 spiro atoms. The number of hydrogen-bond donors (Lipinski definition) is 1. The van der Waals surface area contributed by atoms with Gasteiger partial charge in [0.2, 0.25) is 0 Å². The van der Waals surface area contributed by atoms with Crippen LogP contribution in [0.25, 0.3) is 0 Å². The van der Waals surface area contributed by atoms with Crippen molar-refractivity contribution in [1.29, 1.82) is 0 Å². The number of aliphatic hydroxyl groups excluding tert-OH is 1. The van der Waals surface area contributed by atoms with E-state index in [0.29, 0.717) is 13.2 Å². The number of rotatable bonds is 7. The molecule has 1 saturated heterocycles. The molecule has 2 unspecified atom stereocenters. The van der Waals surface area contributed by atoms with Crippen LogP contribution in [0.4, 0.5) is 0 Å². The first-order chi connectivity index (χ1) is 9.79. The van der Waals surface area contributed by atoms with Crippen LogP contribution < -0.4 is 0 Å². The van der Waals surface area contributed by atoms with E-state index in [-0.39, 0.29) is 6.10 Å². The standard InChI is InChI=1S/C16H25NO3/c1-2-16(14-6-4-3-5-7-14)20-13-15(18)12-17-8-10-19-11-9-17/h3-7,15-16,18H,2,8-13H2,1H3. The van der Waals surface area contributed by atoms with Crippen molar-refractivity contribution in [1.82, 2.24) is 4.90 Å². The van der Waals surface area contributed by atoms with E-state index >= 15 is 0 Å². The van der Waals surface area contributed by atoms with Gasteiger partial charge >= 0.3 is 0 Å². The lowest BCUT2D eigenvalue weighted by molar-refractivity contribution is -0.0378. The van der Waals surface area contributed by atoms with Crippen molar-refractivity contribution in [3.8, 4) is 0 Å². The highest BCUT2D eigenvalue weighted by atomic mass is 16.5. The Morgan fingerprint density at radius 1 is 1.25 bits per heavy atom. The van der Waals surface area contributed by atoms with E-state index in [1.54, 1.807) is 0 Å². The van der Waals surface area contributed by atoms with Crippen molar-refractivity contribution in [2.24, 2.45) is 0 Å². The van der Waals surface area contributed by atoms with Crippen LogP contribution in [0.2, 0.25) is 0 Å². The van der Waals surface area contributed by atoms with Crippen LogP contribution >= 0.6 is 0 Å². The van der Waals surface area contributed by atoms with Gasteiger partial charge < -0.3 is 14.6 Å². The van der Waals surface area contributed by atoms with E-state index in [9.17, 15) is 5.11 Å². The molecule has 2 atom stereocenters. The Labute approximate surface area is 121 Å². The van der Waals surface area contributed by atoms with Gasteiger partial charge in [-0.1, -0.05) is 37.3 Å². The van der Waals surface area contributed by atoms with Gasteiger partial charge in [0.25, 0.3) is 0 Å². The van der Waals surface area contributed by atoms with Gasteiger partial charge in [0.1, 0.15) is 0 Å². The number of nitrogens with zero attached hydrogens (tertiary/aromatic N) is 1. The van der Waals surface area contributed by atoms with Crippen molar-refractivity contribution >= 4 is 0 Å².